The van der Waals surface area contributed by atoms with E-state index in [4.69, 9.17) is 10.3 Å². The van der Waals surface area contributed by atoms with E-state index in [-0.39, 0.29) is 6.54 Å². The molecule has 1 amide bonds. The van der Waals surface area contributed by atoms with Crippen LogP contribution in [0.15, 0.2) is 28.8 Å². The van der Waals surface area contributed by atoms with E-state index in [1.54, 1.807) is 0 Å². The molecule has 0 saturated carbocycles. The van der Waals surface area contributed by atoms with Crippen molar-refractivity contribution < 1.29 is 14.4 Å². The van der Waals surface area contributed by atoms with Gasteiger partial charge >= 0.3 is 0 Å². The maximum absolute atomic E-state index is 11.2. The highest BCUT2D eigenvalue weighted by Crippen LogP contribution is 2.19. The maximum Gasteiger partial charge on any atom is 0.240 e. The Morgan fingerprint density at radius 2 is 2.19 bits per heavy atom. The molecule has 7 heteroatoms. The minimum Gasteiger partial charge on any atom is -0.391 e. The summed E-state index contributed by atoms with van der Waals surface area (Å²) in [7, 11) is 0. The summed E-state index contributed by atoms with van der Waals surface area (Å²) < 4.78 is 5.13. The van der Waals surface area contributed by atoms with Gasteiger partial charge in [0.25, 0.3) is 0 Å². The number of carbonyl (C=O) groups excluding carboxylic acids is 1. The van der Waals surface area contributed by atoms with Gasteiger partial charge in [-0.2, -0.15) is 4.98 Å². The number of carbonyl (C=O) groups is 1. The van der Waals surface area contributed by atoms with Crippen LogP contribution in [-0.4, -0.2) is 33.3 Å². The molecule has 0 radical (unpaired) electrons. The van der Waals surface area contributed by atoms with Crippen LogP contribution in [-0.2, 0) is 11.3 Å². The first-order valence-electron chi connectivity index (χ1n) is 6.58. The molecule has 7 nitrogen and oxygen atoms in total. The third kappa shape index (κ3) is 3.65. The molecule has 0 aliphatic heterocycles. The van der Waals surface area contributed by atoms with Gasteiger partial charge in [0.05, 0.1) is 12.6 Å². The predicted molar refractivity (Wildman–Crippen MR) is 76.0 cm³/mol. The predicted octanol–water partition coefficient (Wildman–Crippen LogP) is 0.369. The van der Waals surface area contributed by atoms with Gasteiger partial charge in [0.1, 0.15) is 6.04 Å². The van der Waals surface area contributed by atoms with Crippen molar-refractivity contribution in [1.82, 2.24) is 15.5 Å². The van der Waals surface area contributed by atoms with Gasteiger partial charge in [-0.25, -0.2) is 0 Å². The van der Waals surface area contributed by atoms with Crippen LogP contribution >= 0.6 is 0 Å². The molecule has 2 aromatic rings. The number of hydrogen-bond donors (Lipinski definition) is 3. The van der Waals surface area contributed by atoms with Crippen LogP contribution in [0, 0.1) is 6.92 Å². The second-order valence-corrected chi connectivity index (χ2v) is 4.83. The zero-order valence-corrected chi connectivity index (χ0v) is 11.9. The van der Waals surface area contributed by atoms with Crippen LogP contribution in [0.5, 0.6) is 0 Å². The van der Waals surface area contributed by atoms with Gasteiger partial charge in [-0.05, 0) is 19.4 Å². The minimum absolute atomic E-state index is 0.150. The number of nitrogens with two attached hydrogens (primary N) is 1. The van der Waals surface area contributed by atoms with E-state index >= 15 is 0 Å². The van der Waals surface area contributed by atoms with Crippen LogP contribution in [0.1, 0.15) is 18.4 Å². The van der Waals surface area contributed by atoms with Crippen molar-refractivity contribution in [3.05, 3.63) is 35.7 Å². The largest absolute Gasteiger partial charge is 0.391 e. The monoisotopic (exact) mass is 290 g/mol. The fraction of sp³-hybridized carbons (Fsp3) is 0.357. The Hall–Kier alpha value is -2.25. The third-order valence-electron chi connectivity index (χ3n) is 3.12. The van der Waals surface area contributed by atoms with E-state index in [1.165, 1.54) is 6.92 Å². The summed E-state index contributed by atoms with van der Waals surface area (Å²) in [4.78, 5) is 15.4. The van der Waals surface area contributed by atoms with Crippen LogP contribution in [0.25, 0.3) is 11.4 Å². The highest BCUT2D eigenvalue weighted by molar-refractivity contribution is 5.80. The van der Waals surface area contributed by atoms with Gasteiger partial charge < -0.3 is 15.4 Å². The molecule has 4 N–H and O–H groups in total. The molecule has 112 valence electrons. The van der Waals surface area contributed by atoms with E-state index in [2.05, 4.69) is 15.5 Å². The molecule has 2 rings (SSSR count). The normalized spacial score (nSPS) is 13.9. The second kappa shape index (κ2) is 6.47. The summed E-state index contributed by atoms with van der Waals surface area (Å²) >= 11 is 0. The topological polar surface area (TPSA) is 114 Å². The number of rotatable bonds is 6. The van der Waals surface area contributed by atoms with Crippen molar-refractivity contribution in [2.45, 2.75) is 32.5 Å². The number of hydrogen-bond acceptors (Lipinski definition) is 6. The SMILES string of the molecule is Cc1ccccc1-c1noc(CN[C@H](C(N)=O)[C@@H](C)O)n1. The molecule has 1 aromatic carbocycles. The summed E-state index contributed by atoms with van der Waals surface area (Å²) in [5.41, 5.74) is 7.11. The van der Waals surface area contributed by atoms with E-state index < -0.39 is 18.1 Å². The Bertz CT molecular complexity index is 624. The van der Waals surface area contributed by atoms with Gasteiger partial charge in [-0.3, -0.25) is 10.1 Å². The number of benzene rings is 1. The van der Waals surface area contributed by atoms with Crippen LogP contribution in [0.3, 0.4) is 0 Å². The molecule has 0 bridgehead atoms. The Morgan fingerprint density at radius 3 is 2.81 bits per heavy atom. The average Bonchev–Trinajstić information content (AvgIpc) is 2.87. The summed E-state index contributed by atoms with van der Waals surface area (Å²) in [6.45, 7) is 3.59. The van der Waals surface area contributed by atoms with Crippen molar-refractivity contribution in [3.63, 3.8) is 0 Å². The van der Waals surface area contributed by atoms with E-state index in [0.717, 1.165) is 11.1 Å². The van der Waals surface area contributed by atoms with Gasteiger partial charge in [0.15, 0.2) is 0 Å². The summed E-state index contributed by atoms with van der Waals surface area (Å²) in [5.74, 6) is 0.168. The molecule has 0 saturated heterocycles. The van der Waals surface area contributed by atoms with Crippen molar-refractivity contribution >= 4 is 5.91 Å². The second-order valence-electron chi connectivity index (χ2n) is 4.83. The number of aryl methyl sites for hydroxylation is 1. The van der Waals surface area contributed by atoms with E-state index in [1.807, 2.05) is 31.2 Å². The Labute approximate surface area is 122 Å². The fourth-order valence-electron chi connectivity index (χ4n) is 1.97. The van der Waals surface area contributed by atoms with Crippen LogP contribution in [0.2, 0.25) is 0 Å². The summed E-state index contributed by atoms with van der Waals surface area (Å²) in [5, 5.41) is 16.2. The standard InChI is InChI=1S/C14H18N4O3/c1-8-5-3-4-6-10(8)14-17-11(21-18-14)7-16-12(9(2)19)13(15)20/h3-6,9,12,16,19H,7H2,1-2H3,(H2,15,20)/t9-,12+/m1/s1. The van der Waals surface area contributed by atoms with E-state index in [0.29, 0.717) is 11.7 Å². The lowest BCUT2D eigenvalue weighted by Crippen LogP contribution is -2.48. The van der Waals surface area contributed by atoms with Gasteiger partial charge in [-0.1, -0.05) is 29.4 Å². The van der Waals surface area contributed by atoms with Crippen LogP contribution in [0.4, 0.5) is 0 Å². The van der Waals surface area contributed by atoms with Crippen molar-refractivity contribution in [2.24, 2.45) is 5.73 Å². The lowest BCUT2D eigenvalue weighted by Gasteiger charge is -2.16. The number of aromatic nitrogens is 2. The third-order valence-corrected chi connectivity index (χ3v) is 3.12. The number of nitrogens with one attached hydrogen (secondary N) is 1. The molecular weight excluding hydrogens is 272 g/mol. The minimum atomic E-state index is -0.902. The molecule has 2 atom stereocenters. The Balaban J connectivity index is 2.07. The number of nitrogens with zero attached hydrogens (tertiary/aromatic N) is 2. The van der Waals surface area contributed by atoms with Gasteiger partial charge in [0, 0.05) is 5.56 Å². The Morgan fingerprint density at radius 1 is 1.48 bits per heavy atom. The molecule has 0 aliphatic carbocycles. The molecule has 0 aliphatic rings. The number of primary amides is 1. The molecular formula is C14H18N4O3. The van der Waals surface area contributed by atoms with Crippen LogP contribution < -0.4 is 11.1 Å². The van der Waals surface area contributed by atoms with Gasteiger partial charge in [0.2, 0.25) is 17.6 Å². The molecule has 1 aromatic heterocycles. The summed E-state index contributed by atoms with van der Waals surface area (Å²) in [6.07, 6.45) is -0.902. The zero-order chi connectivity index (χ0) is 15.4. The van der Waals surface area contributed by atoms with Crippen molar-refractivity contribution in [2.75, 3.05) is 0 Å². The highest BCUT2D eigenvalue weighted by Gasteiger charge is 2.21. The first-order valence-corrected chi connectivity index (χ1v) is 6.58. The average molecular weight is 290 g/mol. The molecule has 0 unspecified atom stereocenters. The quantitative estimate of drug-likeness (QED) is 0.708. The van der Waals surface area contributed by atoms with Crippen molar-refractivity contribution in [1.29, 1.82) is 0 Å². The number of aliphatic hydroxyl groups excluding tert-OH is 1. The smallest absolute Gasteiger partial charge is 0.240 e. The Kier molecular flexibility index (Phi) is 4.66. The van der Waals surface area contributed by atoms with Gasteiger partial charge in [-0.15, -0.1) is 0 Å². The lowest BCUT2D eigenvalue weighted by molar-refractivity contribution is -0.122. The number of aliphatic hydroxyl groups is 1. The molecule has 1 heterocycles. The lowest BCUT2D eigenvalue weighted by atomic mass is 10.1. The van der Waals surface area contributed by atoms with E-state index in [9.17, 15) is 9.90 Å². The van der Waals surface area contributed by atoms with Crippen molar-refractivity contribution in [3.8, 4) is 11.4 Å². The molecule has 0 spiro atoms. The zero-order valence-electron chi connectivity index (χ0n) is 11.9. The number of amides is 1. The first-order chi connectivity index (χ1) is 9.99. The first kappa shape index (κ1) is 15.1. The highest BCUT2D eigenvalue weighted by atomic mass is 16.5. The fourth-order valence-corrected chi connectivity index (χ4v) is 1.97. The summed E-state index contributed by atoms with van der Waals surface area (Å²) in [6, 6.07) is 6.83. The molecule has 21 heavy (non-hydrogen) atoms. The molecule has 0 fully saturated rings. The maximum atomic E-state index is 11.2.